The maximum Gasteiger partial charge on any atom is 0.327 e. The molecule has 0 bridgehead atoms. The van der Waals surface area contributed by atoms with Gasteiger partial charge in [0.15, 0.2) is 6.10 Å². The number of anilines is 1. The van der Waals surface area contributed by atoms with Crippen LogP contribution in [-0.2, 0) is 19.1 Å². The van der Waals surface area contributed by atoms with Crippen molar-refractivity contribution in [1.29, 1.82) is 0 Å². The minimum absolute atomic E-state index is 0.0572. The zero-order valence-corrected chi connectivity index (χ0v) is 17.4. The van der Waals surface area contributed by atoms with Crippen molar-refractivity contribution in [2.75, 3.05) is 11.9 Å². The number of amides is 4. The highest BCUT2D eigenvalue weighted by molar-refractivity contribution is 6.34. The molecule has 1 aromatic carbocycles. The molecule has 1 heterocycles. The lowest BCUT2D eigenvalue weighted by Gasteiger charge is -2.30. The van der Waals surface area contributed by atoms with E-state index >= 15 is 0 Å². The Balaban J connectivity index is 1.56. The number of carbonyl (C=O) groups excluding carboxylic acids is 4. The summed E-state index contributed by atoms with van der Waals surface area (Å²) in [5, 5.41) is 15.8. The number of rotatable bonds is 6. The SMILES string of the molecule is CC(OC(=O)CN1C(=O)NC2(CCCCC2)C1=O)C(=O)Nc1ccc([N+](=O)[O-])cc1Cl. The maximum atomic E-state index is 12.7. The van der Waals surface area contributed by atoms with Gasteiger partial charge in [0.1, 0.15) is 12.1 Å². The highest BCUT2D eigenvalue weighted by Crippen LogP contribution is 2.33. The molecule has 0 aromatic heterocycles. The molecule has 12 heteroatoms. The molecule has 2 fully saturated rings. The Morgan fingerprint density at radius 1 is 1.32 bits per heavy atom. The molecule has 3 rings (SSSR count). The zero-order valence-electron chi connectivity index (χ0n) is 16.7. The molecule has 31 heavy (non-hydrogen) atoms. The van der Waals surface area contributed by atoms with Crippen molar-refractivity contribution in [3.63, 3.8) is 0 Å². The van der Waals surface area contributed by atoms with Crippen molar-refractivity contribution in [2.24, 2.45) is 0 Å². The van der Waals surface area contributed by atoms with Crippen LogP contribution in [0.4, 0.5) is 16.2 Å². The van der Waals surface area contributed by atoms with Crippen molar-refractivity contribution in [3.8, 4) is 0 Å². The fourth-order valence-corrected chi connectivity index (χ4v) is 3.91. The summed E-state index contributed by atoms with van der Waals surface area (Å²) in [6, 6.07) is 2.84. The quantitative estimate of drug-likeness (QED) is 0.291. The summed E-state index contributed by atoms with van der Waals surface area (Å²) in [5.41, 5.74) is -1.09. The van der Waals surface area contributed by atoms with Crippen LogP contribution in [-0.4, -0.2) is 51.8 Å². The minimum atomic E-state index is -1.26. The van der Waals surface area contributed by atoms with Crippen LogP contribution in [0.15, 0.2) is 18.2 Å². The number of hydrogen-bond acceptors (Lipinski definition) is 7. The number of nitro benzene ring substituents is 1. The monoisotopic (exact) mass is 452 g/mol. The van der Waals surface area contributed by atoms with Crippen molar-refractivity contribution in [2.45, 2.75) is 50.7 Å². The van der Waals surface area contributed by atoms with E-state index in [1.807, 2.05) is 0 Å². The number of nitro groups is 1. The number of esters is 1. The number of hydrogen-bond donors (Lipinski definition) is 2. The van der Waals surface area contributed by atoms with Gasteiger partial charge in [0, 0.05) is 12.1 Å². The summed E-state index contributed by atoms with van der Waals surface area (Å²) in [5.74, 6) is -2.11. The zero-order chi connectivity index (χ0) is 22.8. The van der Waals surface area contributed by atoms with Crippen molar-refractivity contribution in [3.05, 3.63) is 33.3 Å². The van der Waals surface area contributed by atoms with E-state index in [1.54, 1.807) is 0 Å². The smallest absolute Gasteiger partial charge is 0.327 e. The van der Waals surface area contributed by atoms with Gasteiger partial charge in [-0.3, -0.25) is 29.4 Å². The second-order valence-electron chi connectivity index (χ2n) is 7.51. The van der Waals surface area contributed by atoms with E-state index in [-0.39, 0.29) is 16.4 Å². The second kappa shape index (κ2) is 8.88. The minimum Gasteiger partial charge on any atom is -0.451 e. The molecule has 1 spiro atoms. The Labute approximate surface area is 182 Å². The third-order valence-electron chi connectivity index (χ3n) is 5.34. The standard InChI is InChI=1S/C19H21ClN4O7/c1-11(16(26)21-14-6-5-12(24(29)30)9-13(14)20)31-15(25)10-23-17(27)19(22-18(23)28)7-3-2-4-8-19/h5-6,9,11H,2-4,7-8,10H2,1H3,(H,21,26)(H,22,28). The molecular weight excluding hydrogens is 432 g/mol. The van der Waals surface area contributed by atoms with Gasteiger partial charge in [-0.1, -0.05) is 30.9 Å². The first-order valence-electron chi connectivity index (χ1n) is 9.71. The predicted molar refractivity (Wildman–Crippen MR) is 108 cm³/mol. The number of nitrogens with one attached hydrogen (secondary N) is 2. The Morgan fingerprint density at radius 3 is 2.61 bits per heavy atom. The highest BCUT2D eigenvalue weighted by atomic mass is 35.5. The van der Waals surface area contributed by atoms with Gasteiger partial charge in [0.2, 0.25) is 0 Å². The molecule has 1 unspecified atom stereocenters. The Bertz CT molecular complexity index is 945. The molecule has 1 atom stereocenters. The van der Waals surface area contributed by atoms with Gasteiger partial charge in [-0.15, -0.1) is 0 Å². The molecule has 166 valence electrons. The van der Waals surface area contributed by atoms with E-state index in [1.165, 1.54) is 13.0 Å². The molecule has 1 aliphatic heterocycles. The average Bonchev–Trinajstić information content (AvgIpc) is 2.93. The number of non-ortho nitro benzene ring substituents is 1. The van der Waals surface area contributed by atoms with Gasteiger partial charge in [-0.2, -0.15) is 0 Å². The maximum absolute atomic E-state index is 12.7. The lowest BCUT2D eigenvalue weighted by atomic mass is 9.82. The number of halogens is 1. The average molecular weight is 453 g/mol. The number of ether oxygens (including phenoxy) is 1. The van der Waals surface area contributed by atoms with Gasteiger partial charge in [0.05, 0.1) is 15.6 Å². The first-order chi connectivity index (χ1) is 14.6. The summed E-state index contributed by atoms with van der Waals surface area (Å²) < 4.78 is 5.04. The molecule has 2 N–H and O–H groups in total. The molecule has 2 aliphatic rings. The van der Waals surface area contributed by atoms with Crippen LogP contribution in [0.5, 0.6) is 0 Å². The van der Waals surface area contributed by atoms with Crippen molar-refractivity contribution >= 4 is 46.8 Å². The van der Waals surface area contributed by atoms with Gasteiger partial charge >= 0.3 is 12.0 Å². The fourth-order valence-electron chi connectivity index (χ4n) is 3.68. The van der Waals surface area contributed by atoms with Crippen LogP contribution in [0.25, 0.3) is 0 Å². The largest absolute Gasteiger partial charge is 0.451 e. The lowest BCUT2D eigenvalue weighted by Crippen LogP contribution is -2.48. The molecule has 4 amide bonds. The van der Waals surface area contributed by atoms with E-state index in [0.717, 1.165) is 36.3 Å². The van der Waals surface area contributed by atoms with Crippen LogP contribution in [0.3, 0.4) is 0 Å². The third kappa shape index (κ3) is 4.76. The van der Waals surface area contributed by atoms with E-state index < -0.39 is 46.9 Å². The molecule has 0 radical (unpaired) electrons. The van der Waals surface area contributed by atoms with E-state index in [9.17, 15) is 29.3 Å². The Kier molecular flexibility index (Phi) is 6.44. The number of benzene rings is 1. The molecule has 1 aliphatic carbocycles. The van der Waals surface area contributed by atoms with Gasteiger partial charge in [0.25, 0.3) is 17.5 Å². The van der Waals surface area contributed by atoms with Gasteiger partial charge in [-0.25, -0.2) is 4.79 Å². The summed E-state index contributed by atoms with van der Waals surface area (Å²) in [7, 11) is 0. The van der Waals surface area contributed by atoms with Crippen LogP contribution in [0.1, 0.15) is 39.0 Å². The number of urea groups is 1. The Hall–Kier alpha value is -3.21. The summed E-state index contributed by atoms with van der Waals surface area (Å²) >= 11 is 5.93. The summed E-state index contributed by atoms with van der Waals surface area (Å²) in [6.07, 6.45) is 2.40. The topological polar surface area (TPSA) is 148 Å². The Morgan fingerprint density at radius 2 is 2.00 bits per heavy atom. The third-order valence-corrected chi connectivity index (χ3v) is 5.65. The van der Waals surface area contributed by atoms with Crippen LogP contribution in [0, 0.1) is 10.1 Å². The number of nitrogens with zero attached hydrogens (tertiary/aromatic N) is 2. The second-order valence-corrected chi connectivity index (χ2v) is 7.91. The number of imide groups is 1. The normalized spacial score (nSPS) is 18.5. The predicted octanol–water partition coefficient (Wildman–Crippen LogP) is 2.37. The van der Waals surface area contributed by atoms with E-state index in [2.05, 4.69) is 10.6 Å². The lowest BCUT2D eigenvalue weighted by molar-refractivity contribution is -0.384. The summed E-state index contributed by atoms with van der Waals surface area (Å²) in [6.45, 7) is 0.698. The molecular formula is C19H21ClN4O7. The van der Waals surface area contributed by atoms with Crippen molar-refractivity contribution < 1.29 is 28.8 Å². The summed E-state index contributed by atoms with van der Waals surface area (Å²) in [4.78, 5) is 60.4. The van der Waals surface area contributed by atoms with Crippen LogP contribution in [0.2, 0.25) is 5.02 Å². The van der Waals surface area contributed by atoms with E-state index in [4.69, 9.17) is 16.3 Å². The molecule has 1 saturated heterocycles. The fraction of sp³-hybridized carbons (Fsp3) is 0.474. The van der Waals surface area contributed by atoms with E-state index in [0.29, 0.717) is 12.8 Å². The first-order valence-corrected chi connectivity index (χ1v) is 10.1. The number of carbonyl (C=O) groups is 4. The van der Waals surface area contributed by atoms with Crippen LogP contribution < -0.4 is 10.6 Å². The molecule has 11 nitrogen and oxygen atoms in total. The van der Waals surface area contributed by atoms with Gasteiger partial charge in [-0.05, 0) is 25.8 Å². The van der Waals surface area contributed by atoms with Crippen molar-refractivity contribution in [1.82, 2.24) is 10.2 Å². The van der Waals surface area contributed by atoms with Crippen LogP contribution >= 0.6 is 11.6 Å². The first kappa shape index (κ1) is 22.5. The highest BCUT2D eigenvalue weighted by Gasteiger charge is 2.51. The molecule has 1 saturated carbocycles. The van der Waals surface area contributed by atoms with Gasteiger partial charge < -0.3 is 15.4 Å². The molecule has 1 aromatic rings.